The summed E-state index contributed by atoms with van der Waals surface area (Å²) in [6, 6.07) is 2.84. The molecule has 106 valence electrons. The van der Waals surface area contributed by atoms with Crippen molar-refractivity contribution in [2.24, 2.45) is 0 Å². The number of benzene rings is 1. The van der Waals surface area contributed by atoms with Gasteiger partial charge in [-0.05, 0) is 18.1 Å². The lowest BCUT2D eigenvalue weighted by molar-refractivity contribution is -0.139. The SMILES string of the molecule is O=Cc1ccc(C(O)C(O)CCBr)c(C(F)(F)F)c1. The van der Waals surface area contributed by atoms with Crippen LogP contribution in [-0.4, -0.2) is 27.9 Å². The summed E-state index contributed by atoms with van der Waals surface area (Å²) < 4.78 is 38.6. The average molecular weight is 341 g/mol. The molecule has 0 amide bonds. The van der Waals surface area contributed by atoms with Crippen molar-refractivity contribution in [3.8, 4) is 0 Å². The van der Waals surface area contributed by atoms with E-state index in [-0.39, 0.29) is 12.0 Å². The zero-order valence-corrected chi connectivity index (χ0v) is 11.3. The van der Waals surface area contributed by atoms with Crippen molar-refractivity contribution in [3.05, 3.63) is 34.9 Å². The van der Waals surface area contributed by atoms with Gasteiger partial charge in [0.25, 0.3) is 0 Å². The minimum Gasteiger partial charge on any atom is -0.390 e. The minimum atomic E-state index is -4.70. The number of halogens is 4. The first-order chi connectivity index (χ1) is 8.81. The number of carbonyl (C=O) groups is 1. The smallest absolute Gasteiger partial charge is 0.390 e. The van der Waals surface area contributed by atoms with Gasteiger partial charge in [-0.25, -0.2) is 0 Å². The highest BCUT2D eigenvalue weighted by Gasteiger charge is 2.36. The second-order valence-electron chi connectivity index (χ2n) is 3.95. The van der Waals surface area contributed by atoms with E-state index in [1.165, 1.54) is 6.07 Å². The van der Waals surface area contributed by atoms with Gasteiger partial charge in [0.15, 0.2) is 0 Å². The van der Waals surface area contributed by atoms with Crippen LogP contribution >= 0.6 is 15.9 Å². The fourth-order valence-corrected chi connectivity index (χ4v) is 2.10. The molecule has 1 rings (SSSR count). The van der Waals surface area contributed by atoms with Crippen LogP contribution in [0.25, 0.3) is 0 Å². The van der Waals surface area contributed by atoms with Crippen LogP contribution < -0.4 is 0 Å². The quantitative estimate of drug-likeness (QED) is 0.640. The molecule has 0 radical (unpaired) electrons. The van der Waals surface area contributed by atoms with Crippen LogP contribution in [0.15, 0.2) is 18.2 Å². The normalized spacial score (nSPS) is 15.1. The molecule has 0 aliphatic carbocycles. The topological polar surface area (TPSA) is 57.5 Å². The van der Waals surface area contributed by atoms with Gasteiger partial charge in [0, 0.05) is 10.9 Å². The lowest BCUT2D eigenvalue weighted by Crippen LogP contribution is -2.22. The maximum atomic E-state index is 12.9. The molecule has 0 fully saturated rings. The summed E-state index contributed by atoms with van der Waals surface area (Å²) in [7, 11) is 0. The van der Waals surface area contributed by atoms with Crippen molar-refractivity contribution in [2.75, 3.05) is 5.33 Å². The molecule has 7 heteroatoms. The van der Waals surface area contributed by atoms with E-state index in [9.17, 15) is 28.2 Å². The van der Waals surface area contributed by atoms with Gasteiger partial charge in [-0.2, -0.15) is 13.2 Å². The second-order valence-corrected chi connectivity index (χ2v) is 4.75. The van der Waals surface area contributed by atoms with E-state index in [2.05, 4.69) is 15.9 Å². The van der Waals surface area contributed by atoms with Crippen molar-refractivity contribution >= 4 is 22.2 Å². The minimum absolute atomic E-state index is 0.105. The maximum Gasteiger partial charge on any atom is 0.416 e. The number of aliphatic hydroxyl groups is 2. The first-order valence-electron chi connectivity index (χ1n) is 5.39. The number of hydrogen-bond donors (Lipinski definition) is 2. The zero-order valence-electron chi connectivity index (χ0n) is 9.69. The van der Waals surface area contributed by atoms with Crippen molar-refractivity contribution in [3.63, 3.8) is 0 Å². The van der Waals surface area contributed by atoms with Crippen LogP contribution in [0.1, 0.15) is 34.0 Å². The number of alkyl halides is 4. The Morgan fingerprint density at radius 1 is 1.32 bits per heavy atom. The van der Waals surface area contributed by atoms with E-state index < -0.39 is 29.5 Å². The highest BCUT2D eigenvalue weighted by molar-refractivity contribution is 9.09. The molecular weight excluding hydrogens is 329 g/mol. The third-order valence-corrected chi connectivity index (χ3v) is 3.06. The van der Waals surface area contributed by atoms with Gasteiger partial charge in [-0.3, -0.25) is 4.79 Å². The molecule has 3 nitrogen and oxygen atoms in total. The van der Waals surface area contributed by atoms with Gasteiger partial charge in [-0.1, -0.05) is 28.1 Å². The number of hydrogen-bond acceptors (Lipinski definition) is 3. The van der Waals surface area contributed by atoms with Crippen molar-refractivity contribution in [2.45, 2.75) is 24.8 Å². The summed E-state index contributed by atoms with van der Waals surface area (Å²) in [5.41, 5.74) is -1.69. The van der Waals surface area contributed by atoms with Gasteiger partial charge >= 0.3 is 6.18 Å². The summed E-state index contributed by atoms with van der Waals surface area (Å²) >= 11 is 3.03. The highest BCUT2D eigenvalue weighted by atomic mass is 79.9. The summed E-state index contributed by atoms with van der Waals surface area (Å²) in [4.78, 5) is 10.5. The fraction of sp³-hybridized carbons (Fsp3) is 0.417. The lowest BCUT2D eigenvalue weighted by Gasteiger charge is -2.21. The molecule has 19 heavy (non-hydrogen) atoms. The Kier molecular flexibility index (Phi) is 5.51. The maximum absolute atomic E-state index is 12.9. The van der Waals surface area contributed by atoms with Gasteiger partial charge < -0.3 is 10.2 Å². The van der Waals surface area contributed by atoms with Crippen LogP contribution in [0.3, 0.4) is 0 Å². The lowest BCUT2D eigenvalue weighted by atomic mass is 9.95. The fourth-order valence-electron chi connectivity index (χ4n) is 1.63. The Morgan fingerprint density at radius 2 is 1.95 bits per heavy atom. The molecule has 1 aromatic rings. The molecule has 0 saturated heterocycles. The Balaban J connectivity index is 3.23. The van der Waals surface area contributed by atoms with E-state index in [0.29, 0.717) is 17.7 Å². The summed E-state index contributed by atoms with van der Waals surface area (Å²) in [5, 5.41) is 19.7. The van der Waals surface area contributed by atoms with E-state index in [1.54, 1.807) is 0 Å². The molecule has 0 saturated carbocycles. The Bertz CT molecular complexity index is 448. The molecule has 0 spiro atoms. The number of aldehydes is 1. The summed E-state index contributed by atoms with van der Waals surface area (Å²) in [5.74, 6) is 0. The van der Waals surface area contributed by atoms with Gasteiger partial charge in [0.1, 0.15) is 12.4 Å². The predicted octanol–water partition coefficient (Wildman–Crippen LogP) is 2.70. The number of rotatable bonds is 5. The van der Waals surface area contributed by atoms with Crippen LogP contribution in [0.5, 0.6) is 0 Å². The molecule has 2 N–H and O–H groups in total. The Labute approximate surface area is 116 Å². The van der Waals surface area contributed by atoms with Gasteiger partial charge in [-0.15, -0.1) is 0 Å². The summed E-state index contributed by atoms with van der Waals surface area (Å²) in [6.45, 7) is 0. The number of aliphatic hydroxyl groups excluding tert-OH is 2. The van der Waals surface area contributed by atoms with E-state index in [4.69, 9.17) is 0 Å². The first-order valence-corrected chi connectivity index (χ1v) is 6.51. The molecule has 1 aromatic carbocycles. The van der Waals surface area contributed by atoms with Crippen LogP contribution in [0, 0.1) is 0 Å². The third kappa shape index (κ3) is 4.02. The standard InChI is InChI=1S/C12H12BrF3O3/c13-4-3-10(18)11(19)8-2-1-7(6-17)5-9(8)12(14,15)16/h1-2,5-6,10-11,18-19H,3-4H2. The molecule has 2 atom stereocenters. The van der Waals surface area contributed by atoms with Gasteiger partial charge in [0.2, 0.25) is 0 Å². The molecule has 2 unspecified atom stereocenters. The summed E-state index contributed by atoms with van der Waals surface area (Å²) in [6.07, 6.45) is -7.28. The highest BCUT2D eigenvalue weighted by Crippen LogP contribution is 2.36. The number of carbonyl (C=O) groups excluding carboxylic acids is 1. The zero-order chi connectivity index (χ0) is 14.6. The first kappa shape index (κ1) is 16.1. The van der Waals surface area contributed by atoms with Crippen LogP contribution in [0.4, 0.5) is 13.2 Å². The van der Waals surface area contributed by atoms with Crippen molar-refractivity contribution < 1.29 is 28.2 Å². The van der Waals surface area contributed by atoms with Crippen LogP contribution in [-0.2, 0) is 6.18 Å². The molecule has 0 aliphatic heterocycles. The molecule has 0 aromatic heterocycles. The largest absolute Gasteiger partial charge is 0.416 e. The monoisotopic (exact) mass is 340 g/mol. The van der Waals surface area contributed by atoms with E-state index >= 15 is 0 Å². The molecule has 0 heterocycles. The molecule has 0 aliphatic rings. The van der Waals surface area contributed by atoms with Gasteiger partial charge in [0.05, 0.1) is 11.7 Å². The van der Waals surface area contributed by atoms with Crippen molar-refractivity contribution in [1.82, 2.24) is 0 Å². The Morgan fingerprint density at radius 3 is 2.42 bits per heavy atom. The Hall–Kier alpha value is -0.920. The third-order valence-electron chi connectivity index (χ3n) is 2.61. The van der Waals surface area contributed by atoms with E-state index in [1.807, 2.05) is 0 Å². The van der Waals surface area contributed by atoms with Crippen molar-refractivity contribution in [1.29, 1.82) is 0 Å². The second kappa shape index (κ2) is 6.49. The molecule has 0 bridgehead atoms. The van der Waals surface area contributed by atoms with E-state index in [0.717, 1.165) is 6.07 Å². The molecular formula is C12H12BrF3O3. The van der Waals surface area contributed by atoms with Crippen LogP contribution in [0.2, 0.25) is 0 Å². The predicted molar refractivity (Wildman–Crippen MR) is 66.2 cm³/mol. The average Bonchev–Trinajstić information content (AvgIpc) is 2.36.